The molecule has 2 fully saturated rings. The number of hydrogen-bond acceptors (Lipinski definition) is 4. The highest BCUT2D eigenvalue weighted by atomic mass is 32.2. The molecule has 0 aromatic rings. The molecule has 0 aliphatic carbocycles. The second-order valence-corrected chi connectivity index (χ2v) is 7.15. The highest BCUT2D eigenvalue weighted by Crippen LogP contribution is 2.25. The molecule has 0 saturated carbocycles. The molecule has 120 valence electrons. The number of carbonyl (C=O) groups excluding carboxylic acids is 1. The Hall–Kier alpha value is -1.19. The summed E-state index contributed by atoms with van der Waals surface area (Å²) in [7, 11) is -3.71. The fourth-order valence-corrected chi connectivity index (χ4v) is 3.76. The van der Waals surface area contributed by atoms with E-state index in [1.807, 2.05) is 0 Å². The maximum absolute atomic E-state index is 12.5. The normalized spacial score (nSPS) is 25.8. The summed E-state index contributed by atoms with van der Waals surface area (Å²) in [6, 6.07) is -0.748. The van der Waals surface area contributed by atoms with E-state index in [2.05, 4.69) is 0 Å². The summed E-state index contributed by atoms with van der Waals surface area (Å²) in [6.07, 6.45) is 2.88. The van der Waals surface area contributed by atoms with E-state index in [1.165, 1.54) is 4.90 Å². The Morgan fingerprint density at radius 2 is 1.67 bits per heavy atom. The predicted octanol–water partition coefficient (Wildman–Crippen LogP) is -0.632. The van der Waals surface area contributed by atoms with Gasteiger partial charge in [0.2, 0.25) is 5.91 Å². The molecule has 0 radical (unpaired) electrons. The summed E-state index contributed by atoms with van der Waals surface area (Å²) in [6.45, 7) is 0.882. The van der Waals surface area contributed by atoms with Crippen molar-refractivity contribution in [1.29, 1.82) is 0 Å². The standard InChI is InChI=1S/C12H21N3O5S/c13-21(19,20)14-7-4-9(5-8-14)11(16)15-6-2-1-3-10(15)12(17)18/h9-10H,1-8H2,(H,17,18)(H2,13,19,20). The number of likely N-dealkylation sites (tertiary alicyclic amines) is 1. The lowest BCUT2D eigenvalue weighted by molar-refractivity contribution is -0.154. The molecule has 2 aliphatic heterocycles. The SMILES string of the molecule is NS(=O)(=O)N1CCC(C(=O)N2CCCCC2C(=O)O)CC1. The molecule has 21 heavy (non-hydrogen) atoms. The largest absolute Gasteiger partial charge is 0.480 e. The van der Waals surface area contributed by atoms with Crippen molar-refractivity contribution in [2.24, 2.45) is 11.1 Å². The molecular formula is C12H21N3O5S. The number of nitrogens with two attached hydrogens (primary N) is 1. The van der Waals surface area contributed by atoms with E-state index in [4.69, 9.17) is 5.14 Å². The minimum Gasteiger partial charge on any atom is -0.480 e. The minimum absolute atomic E-state index is 0.170. The highest BCUT2D eigenvalue weighted by molar-refractivity contribution is 7.86. The Morgan fingerprint density at radius 1 is 1.05 bits per heavy atom. The fraction of sp³-hybridized carbons (Fsp3) is 0.833. The number of carboxylic acid groups (broad SMARTS) is 1. The average molecular weight is 319 g/mol. The first-order valence-electron chi connectivity index (χ1n) is 7.12. The first-order valence-corrected chi connectivity index (χ1v) is 8.62. The quantitative estimate of drug-likeness (QED) is 0.717. The summed E-state index contributed by atoms with van der Waals surface area (Å²) in [5.74, 6) is -1.45. The van der Waals surface area contributed by atoms with Crippen molar-refractivity contribution in [3.63, 3.8) is 0 Å². The van der Waals surface area contributed by atoms with Gasteiger partial charge >= 0.3 is 5.97 Å². The van der Waals surface area contributed by atoms with Crippen LogP contribution in [0.25, 0.3) is 0 Å². The van der Waals surface area contributed by atoms with Crippen molar-refractivity contribution in [3.05, 3.63) is 0 Å². The first kappa shape index (κ1) is 16.2. The lowest BCUT2D eigenvalue weighted by atomic mass is 9.93. The molecule has 0 aromatic heterocycles. The van der Waals surface area contributed by atoms with Gasteiger partial charge in [-0.15, -0.1) is 0 Å². The Labute approximate surface area is 124 Å². The van der Waals surface area contributed by atoms with Crippen molar-refractivity contribution in [2.75, 3.05) is 19.6 Å². The average Bonchev–Trinajstić information content (AvgIpc) is 2.45. The Morgan fingerprint density at radius 3 is 2.19 bits per heavy atom. The van der Waals surface area contributed by atoms with Gasteiger partial charge in [-0.05, 0) is 32.1 Å². The molecule has 2 aliphatic rings. The zero-order valence-corrected chi connectivity index (χ0v) is 12.6. The highest BCUT2D eigenvalue weighted by Gasteiger charge is 2.37. The van der Waals surface area contributed by atoms with Gasteiger partial charge in [0, 0.05) is 25.6 Å². The van der Waals surface area contributed by atoms with Crippen LogP contribution in [0.1, 0.15) is 32.1 Å². The van der Waals surface area contributed by atoms with Crippen LogP contribution in [0, 0.1) is 5.92 Å². The number of piperidine rings is 2. The second-order valence-electron chi connectivity index (χ2n) is 5.60. The summed E-state index contributed by atoms with van der Waals surface area (Å²) < 4.78 is 23.6. The lowest BCUT2D eigenvalue weighted by Crippen LogP contribution is -2.52. The van der Waals surface area contributed by atoms with Gasteiger partial charge in [0.25, 0.3) is 10.2 Å². The molecule has 3 N–H and O–H groups in total. The Kier molecular flexibility index (Phi) is 4.84. The molecule has 9 heteroatoms. The van der Waals surface area contributed by atoms with E-state index in [-0.39, 0.29) is 24.9 Å². The van der Waals surface area contributed by atoms with Crippen molar-refractivity contribution >= 4 is 22.1 Å². The van der Waals surface area contributed by atoms with Crippen molar-refractivity contribution in [3.8, 4) is 0 Å². The van der Waals surface area contributed by atoms with Crippen LogP contribution in [0.2, 0.25) is 0 Å². The van der Waals surface area contributed by atoms with Crippen LogP contribution < -0.4 is 5.14 Å². The van der Waals surface area contributed by atoms with Gasteiger partial charge in [0.1, 0.15) is 6.04 Å². The summed E-state index contributed by atoms with van der Waals surface area (Å²) >= 11 is 0. The summed E-state index contributed by atoms with van der Waals surface area (Å²) in [4.78, 5) is 25.2. The van der Waals surface area contributed by atoms with Gasteiger partial charge in [-0.2, -0.15) is 12.7 Å². The van der Waals surface area contributed by atoms with Gasteiger partial charge < -0.3 is 10.0 Å². The van der Waals surface area contributed by atoms with E-state index in [9.17, 15) is 23.1 Å². The molecule has 2 saturated heterocycles. The third-order valence-corrected chi connectivity index (χ3v) is 5.32. The summed E-state index contributed by atoms with van der Waals surface area (Å²) in [5, 5.41) is 14.3. The number of aliphatic carboxylic acids is 1. The van der Waals surface area contributed by atoms with Gasteiger partial charge in [-0.25, -0.2) is 9.93 Å². The van der Waals surface area contributed by atoms with E-state index < -0.39 is 22.2 Å². The Balaban J connectivity index is 1.99. The van der Waals surface area contributed by atoms with Crippen LogP contribution in [0.15, 0.2) is 0 Å². The van der Waals surface area contributed by atoms with Crippen LogP contribution in [0.5, 0.6) is 0 Å². The van der Waals surface area contributed by atoms with Gasteiger partial charge in [0.15, 0.2) is 0 Å². The molecule has 8 nitrogen and oxygen atoms in total. The van der Waals surface area contributed by atoms with E-state index in [1.54, 1.807) is 0 Å². The van der Waals surface area contributed by atoms with Gasteiger partial charge in [0.05, 0.1) is 0 Å². The number of amides is 1. The molecule has 0 spiro atoms. The van der Waals surface area contributed by atoms with Crippen LogP contribution in [-0.2, 0) is 19.8 Å². The summed E-state index contributed by atoms with van der Waals surface area (Å²) in [5.41, 5.74) is 0. The molecule has 2 heterocycles. The fourth-order valence-electron chi connectivity index (χ4n) is 3.04. The van der Waals surface area contributed by atoms with E-state index in [0.717, 1.165) is 17.1 Å². The number of carboxylic acids is 1. The minimum atomic E-state index is -3.71. The Bertz CT molecular complexity index is 513. The van der Waals surface area contributed by atoms with Crippen LogP contribution >= 0.6 is 0 Å². The van der Waals surface area contributed by atoms with Crippen molar-refractivity contribution < 1.29 is 23.1 Å². The van der Waals surface area contributed by atoms with Crippen LogP contribution in [0.3, 0.4) is 0 Å². The topological polar surface area (TPSA) is 121 Å². The molecule has 0 bridgehead atoms. The van der Waals surface area contributed by atoms with E-state index in [0.29, 0.717) is 25.8 Å². The van der Waals surface area contributed by atoms with Crippen molar-refractivity contribution in [2.45, 2.75) is 38.1 Å². The zero-order valence-electron chi connectivity index (χ0n) is 11.8. The molecule has 1 unspecified atom stereocenters. The molecule has 2 rings (SSSR count). The smallest absolute Gasteiger partial charge is 0.326 e. The number of rotatable bonds is 3. The third-order valence-electron chi connectivity index (χ3n) is 4.23. The first-order chi connectivity index (χ1) is 9.80. The molecular weight excluding hydrogens is 298 g/mol. The molecule has 0 aromatic carbocycles. The van der Waals surface area contributed by atoms with E-state index >= 15 is 0 Å². The van der Waals surface area contributed by atoms with Gasteiger partial charge in [-0.1, -0.05) is 0 Å². The molecule has 1 atom stereocenters. The molecule has 1 amide bonds. The zero-order chi connectivity index (χ0) is 15.6. The monoisotopic (exact) mass is 319 g/mol. The maximum atomic E-state index is 12.5. The van der Waals surface area contributed by atoms with Gasteiger partial charge in [-0.3, -0.25) is 4.79 Å². The number of nitrogens with zero attached hydrogens (tertiary/aromatic N) is 2. The maximum Gasteiger partial charge on any atom is 0.326 e. The predicted molar refractivity (Wildman–Crippen MR) is 74.4 cm³/mol. The lowest BCUT2D eigenvalue weighted by Gasteiger charge is -2.37. The van der Waals surface area contributed by atoms with Crippen molar-refractivity contribution in [1.82, 2.24) is 9.21 Å². The second kappa shape index (κ2) is 6.29. The third kappa shape index (κ3) is 3.72. The number of hydrogen-bond donors (Lipinski definition) is 2. The van der Waals surface area contributed by atoms with Crippen LogP contribution in [0.4, 0.5) is 0 Å². The number of carbonyl (C=O) groups is 2. The van der Waals surface area contributed by atoms with Crippen LogP contribution in [-0.4, -0.2) is 60.3 Å².